The van der Waals surface area contributed by atoms with E-state index in [2.05, 4.69) is 4.98 Å². The van der Waals surface area contributed by atoms with Crippen molar-refractivity contribution >= 4 is 12.6 Å². The van der Waals surface area contributed by atoms with Gasteiger partial charge in [0.25, 0.3) is 0 Å². The van der Waals surface area contributed by atoms with Gasteiger partial charge in [0.05, 0.1) is 0 Å². The van der Waals surface area contributed by atoms with E-state index >= 15 is 0 Å². The van der Waals surface area contributed by atoms with E-state index in [4.69, 9.17) is 10.0 Å². The lowest BCUT2D eigenvalue weighted by atomic mass is 9.81. The van der Waals surface area contributed by atoms with Gasteiger partial charge in [-0.3, -0.25) is 4.79 Å². The van der Waals surface area contributed by atoms with Crippen LogP contribution in [0.3, 0.4) is 0 Å². The minimum Gasteiger partial charge on any atom is -0.423 e. The van der Waals surface area contributed by atoms with Gasteiger partial charge in [0.2, 0.25) is 5.56 Å². The van der Waals surface area contributed by atoms with Crippen LogP contribution in [0.25, 0.3) is 0 Å². The van der Waals surface area contributed by atoms with Crippen molar-refractivity contribution in [2.24, 2.45) is 0 Å². The van der Waals surface area contributed by atoms with E-state index in [1.54, 1.807) is 6.92 Å². The molecule has 1 rings (SSSR count). The topological polar surface area (TPSA) is 73.3 Å². The van der Waals surface area contributed by atoms with Gasteiger partial charge in [-0.25, -0.2) is 0 Å². The molecule has 0 aliphatic heterocycles. The Bertz CT molecular complexity index is 307. The average molecular weight is 153 g/mol. The lowest BCUT2D eigenvalue weighted by Crippen LogP contribution is -2.33. The Morgan fingerprint density at radius 1 is 1.45 bits per heavy atom. The van der Waals surface area contributed by atoms with Gasteiger partial charge < -0.3 is 15.0 Å². The quantitative estimate of drug-likeness (QED) is 0.423. The third-order valence-electron chi connectivity index (χ3n) is 1.30. The Labute approximate surface area is 63.7 Å². The van der Waals surface area contributed by atoms with Crippen molar-refractivity contribution in [1.29, 1.82) is 0 Å². The smallest absolute Gasteiger partial charge is 0.423 e. The number of pyridine rings is 1. The first-order valence-corrected chi connectivity index (χ1v) is 3.16. The maximum atomic E-state index is 10.7. The highest BCUT2D eigenvalue weighted by molar-refractivity contribution is 6.58. The summed E-state index contributed by atoms with van der Waals surface area (Å²) in [4.78, 5) is 13.2. The van der Waals surface area contributed by atoms with Crippen molar-refractivity contribution in [3.8, 4) is 0 Å². The Hall–Kier alpha value is -1.07. The summed E-state index contributed by atoms with van der Waals surface area (Å²) in [6.45, 7) is 1.67. The molecule has 0 bridgehead atoms. The fourth-order valence-electron chi connectivity index (χ4n) is 0.859. The van der Waals surface area contributed by atoms with Crippen molar-refractivity contribution in [1.82, 2.24) is 4.98 Å². The second-order valence-electron chi connectivity index (χ2n) is 2.33. The van der Waals surface area contributed by atoms with Crippen LogP contribution in [-0.4, -0.2) is 22.2 Å². The van der Waals surface area contributed by atoms with Gasteiger partial charge in [0.1, 0.15) is 0 Å². The van der Waals surface area contributed by atoms with Gasteiger partial charge in [-0.15, -0.1) is 0 Å². The summed E-state index contributed by atoms with van der Waals surface area (Å²) in [5.74, 6) is 0. The van der Waals surface area contributed by atoms with E-state index in [0.717, 1.165) is 6.07 Å². The van der Waals surface area contributed by atoms with Crippen molar-refractivity contribution in [2.45, 2.75) is 6.92 Å². The van der Waals surface area contributed by atoms with Crippen LogP contribution in [0, 0.1) is 6.92 Å². The molecule has 1 heterocycles. The molecule has 0 aliphatic carbocycles. The molecule has 4 nitrogen and oxygen atoms in total. The fourth-order valence-corrected chi connectivity index (χ4v) is 0.859. The van der Waals surface area contributed by atoms with E-state index in [0.29, 0.717) is 5.69 Å². The van der Waals surface area contributed by atoms with Crippen LogP contribution in [0.5, 0.6) is 0 Å². The van der Waals surface area contributed by atoms with Gasteiger partial charge in [0, 0.05) is 11.8 Å². The van der Waals surface area contributed by atoms with E-state index in [1.807, 2.05) is 0 Å². The molecule has 0 radical (unpaired) electrons. The first-order valence-electron chi connectivity index (χ1n) is 3.16. The molecule has 0 fully saturated rings. The zero-order valence-corrected chi connectivity index (χ0v) is 6.03. The van der Waals surface area contributed by atoms with Crippen molar-refractivity contribution < 1.29 is 10.0 Å². The predicted molar refractivity (Wildman–Crippen MR) is 41.6 cm³/mol. The van der Waals surface area contributed by atoms with Crippen LogP contribution in [-0.2, 0) is 0 Å². The van der Waals surface area contributed by atoms with E-state index < -0.39 is 7.12 Å². The zero-order valence-electron chi connectivity index (χ0n) is 6.03. The largest absolute Gasteiger partial charge is 0.488 e. The molecule has 0 spiro atoms. The number of H-pyrrole nitrogens is 1. The van der Waals surface area contributed by atoms with E-state index in [1.165, 1.54) is 6.07 Å². The summed E-state index contributed by atoms with van der Waals surface area (Å²) in [5.41, 5.74) is 0.500. The minimum absolute atomic E-state index is 0.214. The van der Waals surface area contributed by atoms with E-state index in [-0.39, 0.29) is 11.0 Å². The molecule has 0 saturated carbocycles. The first kappa shape index (κ1) is 8.04. The molecular weight excluding hydrogens is 145 g/mol. The summed E-state index contributed by atoms with van der Waals surface area (Å²) in [5, 5.41) is 17.4. The number of hydrogen-bond donors (Lipinski definition) is 3. The molecule has 3 N–H and O–H groups in total. The second kappa shape index (κ2) is 2.90. The molecule has 5 heteroatoms. The van der Waals surface area contributed by atoms with Crippen LogP contribution in [0.4, 0.5) is 0 Å². The molecule has 0 aliphatic rings. The number of hydrogen-bond acceptors (Lipinski definition) is 3. The Kier molecular flexibility index (Phi) is 2.12. The zero-order chi connectivity index (χ0) is 8.43. The minimum atomic E-state index is -1.57. The summed E-state index contributed by atoms with van der Waals surface area (Å²) in [6, 6.07) is 2.66. The van der Waals surface area contributed by atoms with Crippen LogP contribution >= 0.6 is 0 Å². The molecule has 0 aromatic carbocycles. The van der Waals surface area contributed by atoms with Crippen LogP contribution in [0.15, 0.2) is 16.9 Å². The van der Waals surface area contributed by atoms with Gasteiger partial charge in [0.15, 0.2) is 0 Å². The maximum absolute atomic E-state index is 10.7. The maximum Gasteiger partial charge on any atom is 0.488 e. The summed E-state index contributed by atoms with van der Waals surface area (Å²) >= 11 is 0. The highest BCUT2D eigenvalue weighted by atomic mass is 16.4. The van der Waals surface area contributed by atoms with Crippen LogP contribution in [0.1, 0.15) is 5.69 Å². The average Bonchev–Trinajstić information content (AvgIpc) is 1.85. The van der Waals surface area contributed by atoms with Gasteiger partial charge in [-0.2, -0.15) is 0 Å². The fraction of sp³-hybridized carbons (Fsp3) is 0.167. The second-order valence-corrected chi connectivity index (χ2v) is 2.33. The monoisotopic (exact) mass is 153 g/mol. The first-order chi connectivity index (χ1) is 5.09. The molecule has 1 aromatic heterocycles. The molecule has 0 atom stereocenters. The Morgan fingerprint density at radius 3 is 2.55 bits per heavy atom. The highest BCUT2D eigenvalue weighted by Crippen LogP contribution is 1.83. The molecule has 1 aromatic rings. The van der Waals surface area contributed by atoms with Gasteiger partial charge in [-0.1, -0.05) is 0 Å². The van der Waals surface area contributed by atoms with E-state index in [9.17, 15) is 4.79 Å². The predicted octanol–water partition coefficient (Wildman–Crippen LogP) is -1.64. The number of nitrogens with one attached hydrogen (secondary N) is 1. The van der Waals surface area contributed by atoms with Gasteiger partial charge >= 0.3 is 7.12 Å². The van der Waals surface area contributed by atoms with Crippen molar-refractivity contribution in [3.63, 3.8) is 0 Å². The van der Waals surface area contributed by atoms with Crippen molar-refractivity contribution in [3.05, 3.63) is 28.2 Å². The molecule has 0 amide bonds. The normalized spacial score (nSPS) is 9.73. The van der Waals surface area contributed by atoms with Crippen LogP contribution < -0.4 is 11.0 Å². The molecule has 11 heavy (non-hydrogen) atoms. The van der Waals surface area contributed by atoms with Crippen LogP contribution in [0.2, 0.25) is 0 Å². The molecular formula is C6H8BNO3. The summed E-state index contributed by atoms with van der Waals surface area (Å²) < 4.78 is 0. The van der Waals surface area contributed by atoms with Crippen molar-refractivity contribution in [2.75, 3.05) is 0 Å². The molecule has 0 unspecified atom stereocenters. The summed E-state index contributed by atoms with van der Waals surface area (Å²) in [7, 11) is -1.57. The highest BCUT2D eigenvalue weighted by Gasteiger charge is 2.10. The number of rotatable bonds is 1. The number of aryl methyl sites for hydroxylation is 1. The third-order valence-corrected chi connectivity index (χ3v) is 1.30. The van der Waals surface area contributed by atoms with Gasteiger partial charge in [-0.05, 0) is 18.5 Å². The summed E-state index contributed by atoms with van der Waals surface area (Å²) in [6.07, 6.45) is 0. The standard InChI is InChI=1S/C6H8BNO3/c1-4-2-5(7(10)11)3-6(9)8-4/h2-3,10-11H,1H3,(H,8,9). The molecule has 58 valence electrons. The third kappa shape index (κ3) is 1.93. The number of aromatic nitrogens is 1. The SMILES string of the molecule is Cc1cc(B(O)O)cc(=O)[nH]1. The lowest BCUT2D eigenvalue weighted by molar-refractivity contribution is 0.425. The molecule has 0 saturated heterocycles. The Morgan fingerprint density at radius 2 is 2.09 bits per heavy atom. The lowest BCUT2D eigenvalue weighted by Gasteiger charge is -1.98. The Balaban J connectivity index is 3.19. The number of aromatic amines is 1.